The molecule has 2 heterocycles. The number of hydrogen-bond donors (Lipinski definition) is 1. The number of hydrogen-bond acceptors (Lipinski definition) is 5. The van der Waals surface area contributed by atoms with Crippen LogP contribution in [-0.2, 0) is 9.59 Å². The number of rotatable bonds is 4. The summed E-state index contributed by atoms with van der Waals surface area (Å²) in [4.78, 5) is 27.4. The molecule has 7 heteroatoms. The third-order valence-electron chi connectivity index (χ3n) is 4.99. The molecule has 1 N–H and O–H groups in total. The SMILES string of the molecule is COc1ccc(Cl)cc1/C(O)=C1/C(=O)C(=O)N(c2ccc(C)cc2)C1c1ccco1. The highest BCUT2D eigenvalue weighted by molar-refractivity contribution is 6.51. The van der Waals surface area contributed by atoms with E-state index in [1.54, 1.807) is 36.4 Å². The van der Waals surface area contributed by atoms with Crippen LogP contribution in [0.3, 0.4) is 0 Å². The summed E-state index contributed by atoms with van der Waals surface area (Å²) in [6, 6.07) is 14.2. The first-order valence-electron chi connectivity index (χ1n) is 9.17. The Morgan fingerprint density at radius 2 is 1.87 bits per heavy atom. The molecule has 1 fully saturated rings. The number of benzene rings is 2. The molecule has 1 aromatic heterocycles. The fraction of sp³-hybridized carbons (Fsp3) is 0.130. The van der Waals surface area contributed by atoms with Gasteiger partial charge in [0.05, 0.1) is 24.5 Å². The number of nitrogens with zero attached hydrogens (tertiary/aromatic N) is 1. The van der Waals surface area contributed by atoms with Crippen LogP contribution in [0.4, 0.5) is 5.69 Å². The molecular formula is C23H18ClNO5. The topological polar surface area (TPSA) is 80.0 Å². The lowest BCUT2D eigenvalue weighted by Gasteiger charge is -2.23. The molecule has 1 aliphatic rings. The van der Waals surface area contributed by atoms with Crippen molar-refractivity contribution in [3.8, 4) is 5.75 Å². The molecule has 30 heavy (non-hydrogen) atoms. The van der Waals surface area contributed by atoms with Gasteiger partial charge in [0.15, 0.2) is 0 Å². The molecule has 152 valence electrons. The molecule has 1 saturated heterocycles. The highest BCUT2D eigenvalue weighted by Crippen LogP contribution is 2.43. The molecule has 1 aliphatic heterocycles. The van der Waals surface area contributed by atoms with Crippen molar-refractivity contribution in [2.24, 2.45) is 0 Å². The molecule has 0 bridgehead atoms. The third kappa shape index (κ3) is 3.25. The Morgan fingerprint density at radius 3 is 2.50 bits per heavy atom. The van der Waals surface area contributed by atoms with Crippen LogP contribution in [0, 0.1) is 6.92 Å². The van der Waals surface area contributed by atoms with Crippen LogP contribution in [-0.4, -0.2) is 23.9 Å². The number of aliphatic hydroxyl groups is 1. The van der Waals surface area contributed by atoms with E-state index in [1.165, 1.54) is 24.3 Å². The Hall–Kier alpha value is -3.51. The van der Waals surface area contributed by atoms with Gasteiger partial charge in [-0.2, -0.15) is 0 Å². The highest BCUT2D eigenvalue weighted by atomic mass is 35.5. The number of ether oxygens (including phenoxy) is 1. The van der Waals surface area contributed by atoms with Crippen molar-refractivity contribution in [2.45, 2.75) is 13.0 Å². The Bertz CT molecular complexity index is 1150. The van der Waals surface area contributed by atoms with Crippen LogP contribution in [0.25, 0.3) is 5.76 Å². The highest BCUT2D eigenvalue weighted by Gasteiger charge is 2.48. The molecule has 0 spiro atoms. The van der Waals surface area contributed by atoms with Gasteiger partial charge in [0.1, 0.15) is 23.3 Å². The van der Waals surface area contributed by atoms with E-state index < -0.39 is 17.7 Å². The van der Waals surface area contributed by atoms with Crippen molar-refractivity contribution >= 4 is 34.7 Å². The summed E-state index contributed by atoms with van der Waals surface area (Å²) in [6.45, 7) is 1.92. The smallest absolute Gasteiger partial charge is 0.300 e. The number of aryl methyl sites for hydroxylation is 1. The predicted octanol–water partition coefficient (Wildman–Crippen LogP) is 4.88. The zero-order valence-electron chi connectivity index (χ0n) is 16.3. The lowest BCUT2D eigenvalue weighted by molar-refractivity contribution is -0.132. The van der Waals surface area contributed by atoms with Crippen molar-refractivity contribution < 1.29 is 23.8 Å². The summed E-state index contributed by atoms with van der Waals surface area (Å²) in [5, 5.41) is 11.5. The largest absolute Gasteiger partial charge is 0.507 e. The van der Waals surface area contributed by atoms with Crippen molar-refractivity contribution in [1.29, 1.82) is 0 Å². The van der Waals surface area contributed by atoms with Crippen molar-refractivity contribution in [3.05, 3.63) is 88.3 Å². The maximum atomic E-state index is 13.0. The van der Waals surface area contributed by atoms with E-state index in [2.05, 4.69) is 0 Å². The number of Topliss-reactive ketones (excluding diaryl/α,β-unsaturated/α-hetero) is 1. The van der Waals surface area contributed by atoms with E-state index in [1.807, 2.05) is 19.1 Å². The molecule has 1 unspecified atom stereocenters. The van der Waals surface area contributed by atoms with Crippen LogP contribution in [0.2, 0.25) is 5.02 Å². The number of carbonyl (C=O) groups excluding carboxylic acids is 2. The summed E-state index contributed by atoms with van der Waals surface area (Å²) in [7, 11) is 1.44. The summed E-state index contributed by atoms with van der Waals surface area (Å²) in [5.74, 6) is -1.31. The molecular weight excluding hydrogens is 406 g/mol. The van der Waals surface area contributed by atoms with E-state index in [-0.39, 0.29) is 16.9 Å². The third-order valence-corrected chi connectivity index (χ3v) is 5.22. The van der Waals surface area contributed by atoms with Crippen LogP contribution in [0.1, 0.15) is 22.9 Å². The second kappa shape index (κ2) is 7.72. The van der Waals surface area contributed by atoms with Gasteiger partial charge in [-0.05, 0) is 49.4 Å². The van der Waals surface area contributed by atoms with Crippen molar-refractivity contribution in [1.82, 2.24) is 0 Å². The lowest BCUT2D eigenvalue weighted by atomic mass is 9.98. The summed E-state index contributed by atoms with van der Waals surface area (Å²) in [5.41, 5.74) is 1.63. The van der Waals surface area contributed by atoms with E-state index in [4.69, 9.17) is 20.8 Å². The average Bonchev–Trinajstić information content (AvgIpc) is 3.35. The number of furan rings is 1. The predicted molar refractivity (Wildman–Crippen MR) is 113 cm³/mol. The van der Waals surface area contributed by atoms with Gasteiger partial charge in [0.2, 0.25) is 0 Å². The van der Waals surface area contributed by atoms with Gasteiger partial charge in [0.25, 0.3) is 11.7 Å². The first kappa shape index (κ1) is 19.8. The molecule has 6 nitrogen and oxygen atoms in total. The fourth-order valence-electron chi connectivity index (χ4n) is 3.53. The Balaban J connectivity index is 1.95. The fourth-order valence-corrected chi connectivity index (χ4v) is 3.70. The van der Waals surface area contributed by atoms with Gasteiger partial charge in [0, 0.05) is 10.7 Å². The summed E-state index contributed by atoms with van der Waals surface area (Å²) in [6.07, 6.45) is 1.45. The van der Waals surface area contributed by atoms with Gasteiger partial charge in [-0.1, -0.05) is 29.3 Å². The molecule has 0 saturated carbocycles. The number of halogens is 1. The second-order valence-corrected chi connectivity index (χ2v) is 7.30. The summed E-state index contributed by atoms with van der Waals surface area (Å²) >= 11 is 6.09. The zero-order valence-corrected chi connectivity index (χ0v) is 17.0. The van der Waals surface area contributed by atoms with Gasteiger partial charge >= 0.3 is 0 Å². The van der Waals surface area contributed by atoms with Crippen LogP contribution < -0.4 is 9.64 Å². The normalized spacial score (nSPS) is 18.1. The number of amides is 1. The second-order valence-electron chi connectivity index (χ2n) is 6.86. The number of anilines is 1. The Morgan fingerprint density at radius 1 is 1.13 bits per heavy atom. The van der Waals surface area contributed by atoms with Gasteiger partial charge in [-0.15, -0.1) is 0 Å². The molecule has 3 aromatic rings. The number of carbonyl (C=O) groups is 2. The molecule has 1 atom stereocenters. The van der Waals surface area contributed by atoms with Crippen LogP contribution in [0.5, 0.6) is 5.75 Å². The Labute approximate surface area is 177 Å². The minimum absolute atomic E-state index is 0.101. The minimum Gasteiger partial charge on any atom is -0.507 e. The zero-order chi connectivity index (χ0) is 21.4. The number of aliphatic hydroxyl groups excluding tert-OH is 1. The minimum atomic E-state index is -0.939. The maximum absolute atomic E-state index is 13.0. The van der Waals surface area contributed by atoms with Crippen molar-refractivity contribution in [2.75, 3.05) is 12.0 Å². The number of methoxy groups -OCH3 is 1. The summed E-state index contributed by atoms with van der Waals surface area (Å²) < 4.78 is 10.8. The van der Waals surface area contributed by atoms with E-state index in [0.29, 0.717) is 22.2 Å². The number of ketones is 1. The quantitative estimate of drug-likeness (QED) is 0.367. The van der Waals surface area contributed by atoms with E-state index >= 15 is 0 Å². The van der Waals surface area contributed by atoms with E-state index in [0.717, 1.165) is 5.56 Å². The van der Waals surface area contributed by atoms with Crippen LogP contribution in [0.15, 0.2) is 70.9 Å². The van der Waals surface area contributed by atoms with Crippen LogP contribution >= 0.6 is 11.6 Å². The van der Waals surface area contributed by atoms with Crippen molar-refractivity contribution in [3.63, 3.8) is 0 Å². The molecule has 0 radical (unpaired) electrons. The monoisotopic (exact) mass is 423 g/mol. The van der Waals surface area contributed by atoms with E-state index in [9.17, 15) is 14.7 Å². The first-order chi connectivity index (χ1) is 14.4. The van der Waals surface area contributed by atoms with Gasteiger partial charge < -0.3 is 14.3 Å². The molecule has 1 amide bonds. The van der Waals surface area contributed by atoms with Gasteiger partial charge in [-0.25, -0.2) is 0 Å². The molecule has 2 aromatic carbocycles. The standard InChI is InChI=1S/C23H18ClNO5/c1-13-5-8-15(9-6-13)25-20(18-4-3-11-30-18)19(22(27)23(25)28)21(26)16-12-14(24)7-10-17(16)29-2/h3-12,20,26H,1-2H3/b21-19-. The maximum Gasteiger partial charge on any atom is 0.300 e. The Kier molecular flexibility index (Phi) is 5.10. The van der Waals surface area contributed by atoms with Gasteiger partial charge in [-0.3, -0.25) is 14.5 Å². The lowest BCUT2D eigenvalue weighted by Crippen LogP contribution is -2.29. The molecule has 4 rings (SSSR count). The average molecular weight is 424 g/mol. The molecule has 0 aliphatic carbocycles. The first-order valence-corrected chi connectivity index (χ1v) is 9.55.